The highest BCUT2D eigenvalue weighted by Crippen LogP contribution is 2.41. The molecule has 0 saturated carbocycles. The van der Waals surface area contributed by atoms with Crippen molar-refractivity contribution in [3.05, 3.63) is 56.2 Å². The quantitative estimate of drug-likeness (QED) is 0.637. The predicted octanol–water partition coefficient (Wildman–Crippen LogP) is 5.47. The largest absolute Gasteiger partial charge is 0.207 e. The van der Waals surface area contributed by atoms with E-state index in [0.717, 1.165) is 22.6 Å². The predicted molar refractivity (Wildman–Crippen MR) is 71.2 cm³/mol. The third-order valence-corrected chi connectivity index (χ3v) is 5.42. The van der Waals surface area contributed by atoms with Gasteiger partial charge >= 0.3 is 0 Å². The average Bonchev–Trinajstić information content (AvgIpc) is 2.62. The molecule has 1 atom stereocenters. The van der Waals surface area contributed by atoms with E-state index in [4.69, 9.17) is 11.6 Å². The zero-order chi connectivity index (χ0) is 12.6. The van der Waals surface area contributed by atoms with Gasteiger partial charge in [0.2, 0.25) is 0 Å². The Morgan fingerprint density at radius 3 is 2.65 bits per heavy atom. The molecular formula is C12H8BrClF2S. The van der Waals surface area contributed by atoms with Gasteiger partial charge in [0.15, 0.2) is 0 Å². The van der Waals surface area contributed by atoms with E-state index in [1.54, 1.807) is 0 Å². The molecule has 0 aliphatic rings. The highest BCUT2D eigenvalue weighted by Gasteiger charge is 2.20. The lowest BCUT2D eigenvalue weighted by molar-refractivity contribution is 0.588. The van der Waals surface area contributed by atoms with Crippen molar-refractivity contribution in [2.45, 2.75) is 11.8 Å². The minimum Gasteiger partial charge on any atom is -0.207 e. The van der Waals surface area contributed by atoms with Crippen molar-refractivity contribution < 1.29 is 8.78 Å². The lowest BCUT2D eigenvalue weighted by Crippen LogP contribution is -1.96. The molecule has 1 aromatic carbocycles. The van der Waals surface area contributed by atoms with E-state index in [9.17, 15) is 8.78 Å². The summed E-state index contributed by atoms with van der Waals surface area (Å²) < 4.78 is 26.7. The Hall–Kier alpha value is -0.450. The topological polar surface area (TPSA) is 0 Å². The van der Waals surface area contributed by atoms with E-state index in [0.29, 0.717) is 5.02 Å². The molecule has 1 aromatic heterocycles. The molecule has 0 bridgehead atoms. The maximum atomic E-state index is 13.6. The maximum absolute atomic E-state index is 13.6. The van der Waals surface area contributed by atoms with E-state index >= 15 is 0 Å². The zero-order valence-corrected chi connectivity index (χ0v) is 12.0. The highest BCUT2D eigenvalue weighted by molar-refractivity contribution is 9.09. The fourth-order valence-electron chi connectivity index (χ4n) is 1.47. The fourth-order valence-corrected chi connectivity index (χ4v) is 3.80. The van der Waals surface area contributed by atoms with Gasteiger partial charge in [-0.15, -0.1) is 11.3 Å². The Bertz CT molecular complexity index is 553. The van der Waals surface area contributed by atoms with E-state index in [1.807, 2.05) is 12.3 Å². The Kier molecular flexibility index (Phi) is 3.85. The third-order valence-electron chi connectivity index (χ3n) is 2.39. The monoisotopic (exact) mass is 336 g/mol. The molecule has 1 heterocycles. The van der Waals surface area contributed by atoms with Crippen LogP contribution in [0.15, 0.2) is 23.6 Å². The molecular weight excluding hydrogens is 330 g/mol. The Labute approximate surface area is 115 Å². The minimum absolute atomic E-state index is 0.258. The fraction of sp³-hybridized carbons (Fsp3) is 0.167. The number of hydrogen-bond donors (Lipinski definition) is 0. The summed E-state index contributed by atoms with van der Waals surface area (Å²) in [6, 6.07) is 3.40. The van der Waals surface area contributed by atoms with Crippen LogP contribution in [0.3, 0.4) is 0 Å². The Morgan fingerprint density at radius 1 is 1.35 bits per heavy atom. The molecule has 0 N–H and O–H groups in total. The minimum atomic E-state index is -0.463. The second-order valence-corrected chi connectivity index (χ2v) is 5.83. The molecule has 0 amide bonds. The summed E-state index contributed by atoms with van der Waals surface area (Å²) in [6.07, 6.45) is 0. The van der Waals surface area contributed by atoms with Gasteiger partial charge in [-0.1, -0.05) is 27.5 Å². The summed E-state index contributed by atoms with van der Waals surface area (Å²) in [6.45, 7) is 1.88. The van der Waals surface area contributed by atoms with Crippen molar-refractivity contribution in [1.29, 1.82) is 0 Å². The maximum Gasteiger partial charge on any atom is 0.128 e. The summed E-state index contributed by atoms with van der Waals surface area (Å²) in [5, 5.41) is 2.49. The van der Waals surface area contributed by atoms with E-state index < -0.39 is 16.5 Å². The van der Waals surface area contributed by atoms with E-state index in [-0.39, 0.29) is 5.56 Å². The SMILES string of the molecule is Cc1csc(C(Br)c2cc(F)ccc2F)c1Cl. The second kappa shape index (κ2) is 5.04. The molecule has 2 aromatic rings. The van der Waals surface area contributed by atoms with Crippen molar-refractivity contribution in [3.8, 4) is 0 Å². The molecule has 0 radical (unpaired) electrons. The van der Waals surface area contributed by atoms with Crippen molar-refractivity contribution in [2.24, 2.45) is 0 Å². The van der Waals surface area contributed by atoms with Gasteiger partial charge in [-0.2, -0.15) is 0 Å². The van der Waals surface area contributed by atoms with Crippen LogP contribution < -0.4 is 0 Å². The number of alkyl halides is 1. The van der Waals surface area contributed by atoms with Crippen LogP contribution in [0, 0.1) is 18.6 Å². The van der Waals surface area contributed by atoms with E-state index in [2.05, 4.69) is 15.9 Å². The molecule has 0 nitrogen and oxygen atoms in total. The molecule has 0 saturated heterocycles. The van der Waals surface area contributed by atoms with Crippen molar-refractivity contribution in [1.82, 2.24) is 0 Å². The van der Waals surface area contributed by atoms with Crippen LogP contribution in [0.5, 0.6) is 0 Å². The number of halogens is 4. The number of rotatable bonds is 2. The van der Waals surface area contributed by atoms with Crippen LogP contribution in [-0.4, -0.2) is 0 Å². The summed E-state index contributed by atoms with van der Waals surface area (Å²) in [7, 11) is 0. The molecule has 0 spiro atoms. The molecule has 0 fully saturated rings. The van der Waals surface area contributed by atoms with Crippen molar-refractivity contribution >= 4 is 38.9 Å². The standard InChI is InChI=1S/C12H8BrClF2S/c1-6-5-17-12(11(6)14)10(13)8-4-7(15)2-3-9(8)16/h2-5,10H,1H3. The van der Waals surface area contributed by atoms with Gasteiger partial charge in [0.1, 0.15) is 11.6 Å². The number of thiophene rings is 1. The first-order valence-electron chi connectivity index (χ1n) is 4.83. The first kappa shape index (κ1) is 13.0. The van der Waals surface area contributed by atoms with Gasteiger partial charge in [-0.05, 0) is 36.1 Å². The molecule has 0 aliphatic carbocycles. The van der Waals surface area contributed by atoms with Crippen LogP contribution >= 0.6 is 38.9 Å². The van der Waals surface area contributed by atoms with Crippen molar-refractivity contribution in [3.63, 3.8) is 0 Å². The first-order chi connectivity index (χ1) is 8.00. The van der Waals surface area contributed by atoms with Gasteiger partial charge in [-0.25, -0.2) is 8.78 Å². The summed E-state index contributed by atoms with van der Waals surface area (Å²) in [5.74, 6) is -0.911. The Morgan fingerprint density at radius 2 is 2.06 bits per heavy atom. The van der Waals surface area contributed by atoms with Crippen LogP contribution in [-0.2, 0) is 0 Å². The molecule has 1 unspecified atom stereocenters. The molecule has 2 rings (SSSR count). The smallest absolute Gasteiger partial charge is 0.128 e. The van der Waals surface area contributed by atoms with E-state index in [1.165, 1.54) is 17.4 Å². The first-order valence-corrected chi connectivity index (χ1v) is 7.00. The van der Waals surface area contributed by atoms with Gasteiger partial charge < -0.3 is 0 Å². The van der Waals surface area contributed by atoms with Crippen LogP contribution in [0.1, 0.15) is 20.8 Å². The van der Waals surface area contributed by atoms with Crippen LogP contribution in [0.4, 0.5) is 8.78 Å². The highest BCUT2D eigenvalue weighted by atomic mass is 79.9. The summed E-state index contributed by atoms with van der Waals surface area (Å²) >= 11 is 10.9. The van der Waals surface area contributed by atoms with Gasteiger partial charge in [-0.3, -0.25) is 0 Å². The van der Waals surface area contributed by atoms with Gasteiger partial charge in [0, 0.05) is 10.4 Å². The van der Waals surface area contributed by atoms with Crippen LogP contribution in [0.2, 0.25) is 5.02 Å². The Balaban J connectivity index is 2.47. The molecule has 5 heteroatoms. The average molecular weight is 338 g/mol. The molecule has 0 aliphatic heterocycles. The number of hydrogen-bond acceptors (Lipinski definition) is 1. The van der Waals surface area contributed by atoms with Gasteiger partial charge in [0.05, 0.1) is 9.85 Å². The molecule has 17 heavy (non-hydrogen) atoms. The third kappa shape index (κ3) is 2.54. The van der Waals surface area contributed by atoms with Gasteiger partial charge in [0.25, 0.3) is 0 Å². The summed E-state index contributed by atoms with van der Waals surface area (Å²) in [5.41, 5.74) is 1.20. The summed E-state index contributed by atoms with van der Waals surface area (Å²) in [4.78, 5) is 0.359. The zero-order valence-electron chi connectivity index (χ0n) is 8.81. The normalized spacial score (nSPS) is 12.8. The number of aryl methyl sites for hydroxylation is 1. The van der Waals surface area contributed by atoms with Crippen molar-refractivity contribution in [2.75, 3.05) is 0 Å². The lowest BCUT2D eigenvalue weighted by Gasteiger charge is -2.10. The second-order valence-electron chi connectivity index (χ2n) is 3.63. The molecule has 90 valence electrons. The van der Waals surface area contributed by atoms with Crippen LogP contribution in [0.25, 0.3) is 0 Å². The lowest BCUT2D eigenvalue weighted by atomic mass is 10.1. The number of benzene rings is 1.